The summed E-state index contributed by atoms with van der Waals surface area (Å²) in [6.45, 7) is 7.74. The lowest BCUT2D eigenvalue weighted by Crippen LogP contribution is -2.48. The molecule has 0 aromatic carbocycles. The largest absolute Gasteiger partial charge is 0.354 e. The summed E-state index contributed by atoms with van der Waals surface area (Å²) < 4.78 is 0. The highest BCUT2D eigenvalue weighted by Gasteiger charge is 2.23. The summed E-state index contributed by atoms with van der Waals surface area (Å²) in [6.07, 6.45) is 7.10. The van der Waals surface area contributed by atoms with Gasteiger partial charge in [-0.3, -0.25) is 4.79 Å². The summed E-state index contributed by atoms with van der Waals surface area (Å²) in [6, 6.07) is 0.0638. The number of nitrogens with one attached hydrogen (secondary N) is 2. The van der Waals surface area contributed by atoms with Crippen LogP contribution in [0.5, 0.6) is 0 Å². The quantitative estimate of drug-likeness (QED) is 0.807. The van der Waals surface area contributed by atoms with E-state index in [1.165, 1.54) is 51.7 Å². The van der Waals surface area contributed by atoms with Gasteiger partial charge >= 0.3 is 0 Å². The summed E-state index contributed by atoms with van der Waals surface area (Å²) in [5.41, 5.74) is 0. The van der Waals surface area contributed by atoms with Gasteiger partial charge in [0.15, 0.2) is 0 Å². The minimum Gasteiger partial charge on any atom is -0.354 e. The molecule has 1 atom stereocenters. The predicted molar refractivity (Wildman–Crippen MR) is 92.6 cm³/mol. The Balaban J connectivity index is 0.00000200. The third-order valence-corrected chi connectivity index (χ3v) is 4.44. The molecule has 0 saturated carbocycles. The summed E-state index contributed by atoms with van der Waals surface area (Å²) in [4.78, 5) is 14.6. The Bertz CT molecular complexity index is 278. The molecule has 0 radical (unpaired) electrons. The molecule has 1 amide bonds. The number of hydrogen-bond donors (Lipinski definition) is 2. The SMILES string of the molecule is CCCN1CCC(CNC(=O)[C@H]2CCCCN2)CC1.Cl.Cl. The van der Waals surface area contributed by atoms with Crippen LogP contribution in [-0.4, -0.2) is 49.6 Å². The maximum absolute atomic E-state index is 12.0. The van der Waals surface area contributed by atoms with Gasteiger partial charge in [-0.05, 0) is 64.2 Å². The lowest BCUT2D eigenvalue weighted by Gasteiger charge is -2.32. The summed E-state index contributed by atoms with van der Waals surface area (Å²) >= 11 is 0. The topological polar surface area (TPSA) is 44.4 Å². The van der Waals surface area contributed by atoms with E-state index in [9.17, 15) is 4.79 Å². The summed E-state index contributed by atoms with van der Waals surface area (Å²) in [7, 11) is 0. The van der Waals surface area contributed by atoms with E-state index in [0.29, 0.717) is 5.92 Å². The Hall–Kier alpha value is -0.0300. The molecule has 0 bridgehead atoms. The lowest BCUT2D eigenvalue weighted by molar-refractivity contribution is -0.123. The first kappa shape index (κ1) is 21.0. The van der Waals surface area contributed by atoms with Crippen molar-refractivity contribution in [2.75, 3.05) is 32.7 Å². The third-order valence-electron chi connectivity index (χ3n) is 4.44. The van der Waals surface area contributed by atoms with Gasteiger partial charge < -0.3 is 15.5 Å². The molecule has 0 aliphatic carbocycles. The predicted octanol–water partition coefficient (Wildman–Crippen LogP) is 2.21. The molecule has 0 spiro atoms. The number of piperidine rings is 2. The molecule has 0 aromatic rings. The zero-order valence-electron chi connectivity index (χ0n) is 13.1. The fourth-order valence-corrected chi connectivity index (χ4v) is 3.17. The Morgan fingerprint density at radius 3 is 2.48 bits per heavy atom. The van der Waals surface area contributed by atoms with Crippen molar-refractivity contribution in [3.63, 3.8) is 0 Å². The third kappa shape index (κ3) is 7.18. The molecule has 2 aliphatic heterocycles. The number of halogens is 2. The first-order valence-electron chi connectivity index (χ1n) is 8.03. The number of carbonyl (C=O) groups is 1. The van der Waals surface area contributed by atoms with Crippen molar-refractivity contribution in [1.29, 1.82) is 0 Å². The molecule has 2 saturated heterocycles. The van der Waals surface area contributed by atoms with Crippen LogP contribution in [-0.2, 0) is 4.79 Å². The second kappa shape index (κ2) is 11.5. The number of hydrogen-bond acceptors (Lipinski definition) is 3. The summed E-state index contributed by atoms with van der Waals surface area (Å²) in [5.74, 6) is 0.899. The van der Waals surface area contributed by atoms with Crippen LogP contribution in [0.25, 0.3) is 0 Å². The molecule has 4 nitrogen and oxygen atoms in total. The maximum Gasteiger partial charge on any atom is 0.237 e. The van der Waals surface area contributed by atoms with E-state index in [0.717, 1.165) is 19.5 Å². The van der Waals surface area contributed by atoms with Crippen LogP contribution in [0, 0.1) is 5.92 Å². The molecule has 2 aliphatic rings. The van der Waals surface area contributed by atoms with Gasteiger partial charge in [0, 0.05) is 6.54 Å². The monoisotopic (exact) mass is 339 g/mol. The fourth-order valence-electron chi connectivity index (χ4n) is 3.17. The van der Waals surface area contributed by atoms with Crippen LogP contribution in [0.15, 0.2) is 0 Å². The smallest absolute Gasteiger partial charge is 0.237 e. The van der Waals surface area contributed by atoms with Crippen molar-refractivity contribution in [3.05, 3.63) is 0 Å². The lowest BCUT2D eigenvalue weighted by atomic mass is 9.96. The highest BCUT2D eigenvalue weighted by molar-refractivity contribution is 5.85. The second-order valence-corrected chi connectivity index (χ2v) is 6.03. The first-order valence-corrected chi connectivity index (χ1v) is 8.03. The maximum atomic E-state index is 12.0. The molecule has 0 unspecified atom stereocenters. The van der Waals surface area contributed by atoms with Gasteiger partial charge in [-0.2, -0.15) is 0 Å². The van der Waals surface area contributed by atoms with Gasteiger partial charge in [0.05, 0.1) is 6.04 Å². The standard InChI is InChI=1S/C15H29N3O.2ClH/c1-2-9-18-10-6-13(7-11-18)12-17-15(19)14-5-3-4-8-16-14;;/h13-14,16H,2-12H2,1H3,(H,17,19);2*1H/t14-;;/m1../s1. The van der Waals surface area contributed by atoms with Crippen LogP contribution in [0.4, 0.5) is 0 Å². The average Bonchev–Trinajstić information content (AvgIpc) is 2.47. The number of amides is 1. The molecule has 0 aromatic heterocycles. The number of rotatable bonds is 5. The van der Waals surface area contributed by atoms with Crippen LogP contribution >= 0.6 is 24.8 Å². The van der Waals surface area contributed by atoms with Crippen LogP contribution in [0.2, 0.25) is 0 Å². The first-order chi connectivity index (χ1) is 9.29. The van der Waals surface area contributed by atoms with Gasteiger partial charge in [-0.25, -0.2) is 0 Å². The Morgan fingerprint density at radius 1 is 1.19 bits per heavy atom. The zero-order chi connectivity index (χ0) is 13.5. The van der Waals surface area contributed by atoms with E-state index in [4.69, 9.17) is 0 Å². The average molecular weight is 340 g/mol. The van der Waals surface area contributed by atoms with Crippen molar-refractivity contribution >= 4 is 30.7 Å². The summed E-state index contributed by atoms with van der Waals surface area (Å²) in [5, 5.41) is 6.46. The van der Waals surface area contributed by atoms with E-state index in [1.54, 1.807) is 0 Å². The van der Waals surface area contributed by atoms with Gasteiger partial charge in [-0.1, -0.05) is 13.3 Å². The highest BCUT2D eigenvalue weighted by atomic mass is 35.5. The van der Waals surface area contributed by atoms with E-state index in [1.807, 2.05) is 0 Å². The molecule has 21 heavy (non-hydrogen) atoms. The Kier molecular flexibility index (Phi) is 11.5. The second-order valence-electron chi connectivity index (χ2n) is 6.03. The Morgan fingerprint density at radius 2 is 1.90 bits per heavy atom. The van der Waals surface area contributed by atoms with Crippen LogP contribution < -0.4 is 10.6 Å². The molecular formula is C15H31Cl2N3O. The van der Waals surface area contributed by atoms with E-state index >= 15 is 0 Å². The van der Waals surface area contributed by atoms with Crippen molar-refractivity contribution in [2.45, 2.75) is 51.5 Å². The Labute approximate surface area is 141 Å². The van der Waals surface area contributed by atoms with Crippen molar-refractivity contribution < 1.29 is 4.79 Å². The molecule has 2 heterocycles. The minimum absolute atomic E-state index is 0. The van der Waals surface area contributed by atoms with Crippen LogP contribution in [0.1, 0.15) is 45.4 Å². The van der Waals surface area contributed by atoms with Gasteiger partial charge in [0.2, 0.25) is 5.91 Å². The fraction of sp³-hybridized carbons (Fsp3) is 0.933. The molecule has 2 fully saturated rings. The minimum atomic E-state index is 0. The zero-order valence-corrected chi connectivity index (χ0v) is 14.7. The van der Waals surface area contributed by atoms with Crippen LogP contribution in [0.3, 0.4) is 0 Å². The molecular weight excluding hydrogens is 309 g/mol. The molecule has 126 valence electrons. The molecule has 6 heteroatoms. The van der Waals surface area contributed by atoms with Crippen molar-refractivity contribution in [1.82, 2.24) is 15.5 Å². The van der Waals surface area contributed by atoms with E-state index < -0.39 is 0 Å². The van der Waals surface area contributed by atoms with Crippen molar-refractivity contribution in [2.24, 2.45) is 5.92 Å². The van der Waals surface area contributed by atoms with E-state index in [-0.39, 0.29) is 36.8 Å². The van der Waals surface area contributed by atoms with Gasteiger partial charge in [-0.15, -0.1) is 24.8 Å². The number of nitrogens with zero attached hydrogens (tertiary/aromatic N) is 1. The van der Waals surface area contributed by atoms with Gasteiger partial charge in [0.25, 0.3) is 0 Å². The normalized spacial score (nSPS) is 23.8. The number of likely N-dealkylation sites (tertiary alicyclic amines) is 1. The van der Waals surface area contributed by atoms with E-state index in [2.05, 4.69) is 22.5 Å². The highest BCUT2D eigenvalue weighted by Crippen LogP contribution is 2.16. The molecule has 2 rings (SSSR count). The van der Waals surface area contributed by atoms with Crippen molar-refractivity contribution in [3.8, 4) is 0 Å². The van der Waals surface area contributed by atoms with Gasteiger partial charge in [0.1, 0.15) is 0 Å². The molecule has 2 N–H and O–H groups in total. The number of carbonyl (C=O) groups excluding carboxylic acids is 1.